The van der Waals surface area contributed by atoms with Gasteiger partial charge in [0, 0.05) is 12.1 Å². The second-order valence-electron chi connectivity index (χ2n) is 4.91. The Morgan fingerprint density at radius 3 is 2.43 bits per heavy atom. The summed E-state index contributed by atoms with van der Waals surface area (Å²) in [6.07, 6.45) is 0. The van der Waals surface area contributed by atoms with Gasteiger partial charge in [-0.15, -0.1) is 0 Å². The highest BCUT2D eigenvalue weighted by molar-refractivity contribution is 7.89. The third-order valence-corrected chi connectivity index (χ3v) is 3.67. The van der Waals surface area contributed by atoms with E-state index in [1.54, 1.807) is 0 Å². The lowest BCUT2D eigenvalue weighted by molar-refractivity contribution is -0.385. The predicted octanol–water partition coefficient (Wildman–Crippen LogP) is 1.36. The number of primary sulfonamides is 1. The van der Waals surface area contributed by atoms with Gasteiger partial charge in [-0.2, -0.15) is 0 Å². The van der Waals surface area contributed by atoms with Crippen molar-refractivity contribution < 1.29 is 22.9 Å². The summed E-state index contributed by atoms with van der Waals surface area (Å²) >= 11 is 0. The van der Waals surface area contributed by atoms with Crippen molar-refractivity contribution in [2.75, 3.05) is 6.61 Å². The molecule has 0 radical (unpaired) electrons. The molecule has 1 aromatic rings. The molecule has 0 bridgehead atoms. The summed E-state index contributed by atoms with van der Waals surface area (Å²) in [5.74, 6) is -0.750. The molecule has 0 aliphatic carbocycles. The molecule has 0 saturated carbocycles. The van der Waals surface area contributed by atoms with Gasteiger partial charge in [0.25, 0.3) is 5.69 Å². The number of hydrogen-bond acceptors (Lipinski definition) is 6. The van der Waals surface area contributed by atoms with E-state index in [1.165, 1.54) is 6.92 Å². The van der Waals surface area contributed by atoms with Gasteiger partial charge in [0.1, 0.15) is 0 Å². The second-order valence-corrected chi connectivity index (χ2v) is 6.44. The van der Waals surface area contributed by atoms with E-state index in [0.717, 1.165) is 12.1 Å². The number of rotatable bonds is 5. The molecule has 0 atom stereocenters. The van der Waals surface area contributed by atoms with Crippen molar-refractivity contribution in [2.24, 2.45) is 11.1 Å². The summed E-state index contributed by atoms with van der Waals surface area (Å²) in [4.78, 5) is 21.5. The monoisotopic (exact) mass is 316 g/mol. The van der Waals surface area contributed by atoms with Gasteiger partial charge in [0.05, 0.1) is 22.0 Å². The van der Waals surface area contributed by atoms with Crippen molar-refractivity contribution in [2.45, 2.75) is 25.7 Å². The molecule has 1 rings (SSSR count). The van der Waals surface area contributed by atoms with E-state index in [4.69, 9.17) is 9.88 Å². The largest absolute Gasteiger partial charge is 0.462 e. The van der Waals surface area contributed by atoms with Crippen molar-refractivity contribution in [3.8, 4) is 0 Å². The molecule has 0 aromatic heterocycles. The predicted molar refractivity (Wildman–Crippen MR) is 74.3 cm³/mol. The van der Waals surface area contributed by atoms with Crippen molar-refractivity contribution >= 4 is 21.7 Å². The topological polar surface area (TPSA) is 130 Å². The van der Waals surface area contributed by atoms with Gasteiger partial charge >= 0.3 is 5.97 Å². The molecule has 0 spiro atoms. The Hall–Kier alpha value is -2.00. The lowest BCUT2D eigenvalue weighted by atomic mass is 10.1. The second kappa shape index (κ2) is 6.19. The number of ether oxygens (including phenoxy) is 1. The van der Waals surface area contributed by atoms with Gasteiger partial charge < -0.3 is 4.74 Å². The fraction of sp³-hybridized carbons (Fsp3) is 0.417. The van der Waals surface area contributed by atoms with Crippen molar-refractivity contribution in [3.63, 3.8) is 0 Å². The third-order valence-electron chi connectivity index (χ3n) is 2.63. The number of nitro groups is 1. The maximum absolute atomic E-state index is 11.9. The number of non-ortho nitro benzene ring substituents is 1. The molecular formula is C12H16N2O6S. The van der Waals surface area contributed by atoms with Crippen LogP contribution in [0.4, 0.5) is 5.69 Å². The smallest absolute Gasteiger partial charge is 0.338 e. The van der Waals surface area contributed by atoms with E-state index < -0.39 is 31.5 Å². The first-order valence-corrected chi connectivity index (χ1v) is 7.57. The normalized spacial score (nSPS) is 11.5. The zero-order valence-electron chi connectivity index (χ0n) is 11.8. The van der Waals surface area contributed by atoms with Gasteiger partial charge in [-0.05, 0) is 18.4 Å². The lowest BCUT2D eigenvalue weighted by Crippen LogP contribution is -2.18. The first kappa shape index (κ1) is 17.1. The Bertz CT molecular complexity index is 681. The SMILES string of the molecule is Cc1c(C(=O)OCC(C)C)cc([N+](=O)[O-])cc1S(N)(=O)=O. The molecule has 8 nitrogen and oxygen atoms in total. The van der Waals surface area contributed by atoms with Crippen molar-refractivity contribution in [3.05, 3.63) is 33.4 Å². The Labute approximate surface area is 122 Å². The summed E-state index contributed by atoms with van der Waals surface area (Å²) < 4.78 is 27.9. The summed E-state index contributed by atoms with van der Waals surface area (Å²) in [5, 5.41) is 15.9. The fourth-order valence-corrected chi connectivity index (χ4v) is 2.43. The minimum absolute atomic E-state index is 0.0249. The average molecular weight is 316 g/mol. The van der Waals surface area contributed by atoms with Crippen molar-refractivity contribution in [1.29, 1.82) is 0 Å². The molecule has 1 aromatic carbocycles. The van der Waals surface area contributed by atoms with Crippen LogP contribution in [0.2, 0.25) is 0 Å². The molecule has 0 fully saturated rings. The molecule has 0 amide bonds. The molecule has 0 unspecified atom stereocenters. The number of sulfonamides is 1. The van der Waals surface area contributed by atoms with Crippen LogP contribution in [0.15, 0.2) is 17.0 Å². The fourth-order valence-electron chi connectivity index (χ4n) is 1.61. The molecule has 21 heavy (non-hydrogen) atoms. The number of esters is 1. The number of nitrogens with zero attached hydrogens (tertiary/aromatic N) is 1. The summed E-state index contributed by atoms with van der Waals surface area (Å²) in [7, 11) is -4.19. The van der Waals surface area contributed by atoms with E-state index in [0.29, 0.717) is 0 Å². The van der Waals surface area contributed by atoms with Crippen LogP contribution in [-0.4, -0.2) is 25.9 Å². The summed E-state index contributed by atoms with van der Waals surface area (Å²) in [6, 6.07) is 1.80. The standard InChI is InChI=1S/C12H16N2O6S/c1-7(2)6-20-12(15)10-4-9(14(16)17)5-11(8(10)3)21(13,18)19/h4-5,7H,6H2,1-3H3,(H2,13,18,19). The van der Waals surface area contributed by atoms with Crippen LogP contribution < -0.4 is 5.14 Å². The van der Waals surface area contributed by atoms with Crippen LogP contribution in [0, 0.1) is 23.0 Å². The highest BCUT2D eigenvalue weighted by Gasteiger charge is 2.24. The van der Waals surface area contributed by atoms with Gasteiger partial charge in [0.2, 0.25) is 10.0 Å². The van der Waals surface area contributed by atoms with E-state index in [2.05, 4.69) is 0 Å². The molecule has 0 saturated heterocycles. The number of benzene rings is 1. The summed E-state index contributed by atoms with van der Waals surface area (Å²) in [5.41, 5.74) is -0.702. The Morgan fingerprint density at radius 2 is 2.00 bits per heavy atom. The molecule has 2 N–H and O–H groups in total. The lowest BCUT2D eigenvalue weighted by Gasteiger charge is -2.11. The maximum Gasteiger partial charge on any atom is 0.338 e. The Morgan fingerprint density at radius 1 is 1.43 bits per heavy atom. The quantitative estimate of drug-likeness (QED) is 0.496. The highest BCUT2D eigenvalue weighted by Crippen LogP contribution is 2.25. The van der Waals surface area contributed by atoms with Gasteiger partial charge in [-0.1, -0.05) is 13.8 Å². The van der Waals surface area contributed by atoms with Crippen molar-refractivity contribution in [1.82, 2.24) is 0 Å². The molecular weight excluding hydrogens is 300 g/mol. The number of nitrogens with two attached hydrogens (primary N) is 1. The molecule has 0 heterocycles. The molecule has 0 aliphatic heterocycles. The molecule has 9 heteroatoms. The zero-order valence-corrected chi connectivity index (χ0v) is 12.6. The Balaban J connectivity index is 3.41. The van der Waals surface area contributed by atoms with Gasteiger partial charge in [0.15, 0.2) is 0 Å². The minimum Gasteiger partial charge on any atom is -0.462 e. The van der Waals surface area contributed by atoms with Crippen LogP contribution in [-0.2, 0) is 14.8 Å². The van der Waals surface area contributed by atoms with E-state index in [9.17, 15) is 23.3 Å². The zero-order chi connectivity index (χ0) is 16.4. The molecule has 116 valence electrons. The summed E-state index contributed by atoms with van der Waals surface area (Å²) in [6.45, 7) is 5.10. The van der Waals surface area contributed by atoms with E-state index in [1.807, 2.05) is 13.8 Å². The Kier molecular flexibility index (Phi) is 5.02. The number of hydrogen-bond donors (Lipinski definition) is 1. The highest BCUT2D eigenvalue weighted by atomic mass is 32.2. The number of carbonyl (C=O) groups is 1. The first-order chi connectivity index (χ1) is 9.54. The number of carbonyl (C=O) groups excluding carboxylic acids is 1. The van der Waals surface area contributed by atoms with Crippen LogP contribution in [0.5, 0.6) is 0 Å². The van der Waals surface area contributed by atoms with E-state index >= 15 is 0 Å². The first-order valence-electron chi connectivity index (χ1n) is 6.03. The number of nitro benzene ring substituents is 1. The van der Waals surface area contributed by atoms with Crippen LogP contribution in [0.3, 0.4) is 0 Å². The van der Waals surface area contributed by atoms with Gasteiger partial charge in [-0.3, -0.25) is 10.1 Å². The van der Waals surface area contributed by atoms with Crippen LogP contribution in [0.1, 0.15) is 29.8 Å². The third kappa shape index (κ3) is 4.23. The average Bonchev–Trinajstić information content (AvgIpc) is 2.34. The minimum atomic E-state index is -4.19. The van der Waals surface area contributed by atoms with Crippen LogP contribution in [0.25, 0.3) is 0 Å². The molecule has 0 aliphatic rings. The maximum atomic E-state index is 11.9. The van der Waals surface area contributed by atoms with E-state index in [-0.39, 0.29) is 23.7 Å². The van der Waals surface area contributed by atoms with Gasteiger partial charge in [-0.25, -0.2) is 18.4 Å². The van der Waals surface area contributed by atoms with Crippen LogP contribution >= 0.6 is 0 Å².